The summed E-state index contributed by atoms with van der Waals surface area (Å²) in [6, 6.07) is 9.94. The summed E-state index contributed by atoms with van der Waals surface area (Å²) in [6.45, 7) is 4.95. The maximum Gasteiger partial charge on any atom is 0.230 e. The standard InChI is InChI=1S/C22H27N7O/c1-2-4-13-28(12-3-1)21-24-20(25-22(26-21)29-14-16-30-17-15-29)18-8-7-9-19(23-18)27-10-5-6-11-27/h5-11H,1-4,12-17H2. The topological polar surface area (TPSA) is 72.2 Å². The fourth-order valence-corrected chi connectivity index (χ4v) is 3.96. The molecule has 3 aromatic rings. The molecule has 0 atom stereocenters. The van der Waals surface area contributed by atoms with E-state index in [4.69, 9.17) is 24.7 Å². The highest BCUT2D eigenvalue weighted by molar-refractivity contribution is 5.56. The molecule has 2 fully saturated rings. The molecule has 2 saturated heterocycles. The minimum atomic E-state index is 0.625. The van der Waals surface area contributed by atoms with Gasteiger partial charge in [-0.05, 0) is 37.1 Å². The number of hydrogen-bond acceptors (Lipinski definition) is 7. The van der Waals surface area contributed by atoms with Gasteiger partial charge in [0.05, 0.1) is 13.2 Å². The fourth-order valence-electron chi connectivity index (χ4n) is 3.96. The van der Waals surface area contributed by atoms with Crippen LogP contribution in [0.15, 0.2) is 42.7 Å². The maximum absolute atomic E-state index is 5.52. The summed E-state index contributed by atoms with van der Waals surface area (Å²) in [6.07, 6.45) is 8.86. The third kappa shape index (κ3) is 4.14. The summed E-state index contributed by atoms with van der Waals surface area (Å²) in [5.41, 5.74) is 0.759. The van der Waals surface area contributed by atoms with E-state index in [1.54, 1.807) is 0 Å². The van der Waals surface area contributed by atoms with Gasteiger partial charge in [-0.25, -0.2) is 4.98 Å². The molecule has 0 aliphatic carbocycles. The van der Waals surface area contributed by atoms with E-state index in [9.17, 15) is 0 Å². The molecular weight excluding hydrogens is 378 g/mol. The molecule has 5 rings (SSSR count). The van der Waals surface area contributed by atoms with E-state index in [-0.39, 0.29) is 0 Å². The van der Waals surface area contributed by atoms with Gasteiger partial charge in [0.25, 0.3) is 0 Å². The molecule has 5 heterocycles. The first-order valence-corrected chi connectivity index (χ1v) is 10.8. The normalized spacial score (nSPS) is 17.7. The molecule has 8 nitrogen and oxygen atoms in total. The number of hydrogen-bond donors (Lipinski definition) is 0. The van der Waals surface area contributed by atoms with E-state index < -0.39 is 0 Å². The first-order valence-electron chi connectivity index (χ1n) is 10.8. The van der Waals surface area contributed by atoms with Gasteiger partial charge in [-0.1, -0.05) is 18.9 Å². The van der Waals surface area contributed by atoms with Gasteiger partial charge in [-0.3, -0.25) is 0 Å². The molecule has 3 aromatic heterocycles. The SMILES string of the molecule is c1cc(-c2nc(N3CCCCCC3)nc(N3CCOCC3)n2)nc(-n2cccc2)c1. The van der Waals surface area contributed by atoms with E-state index in [2.05, 4.69) is 9.80 Å². The van der Waals surface area contributed by atoms with Crippen molar-refractivity contribution in [3.63, 3.8) is 0 Å². The van der Waals surface area contributed by atoms with Crippen LogP contribution in [0.4, 0.5) is 11.9 Å². The summed E-state index contributed by atoms with van der Waals surface area (Å²) >= 11 is 0. The molecule has 0 saturated carbocycles. The molecule has 0 radical (unpaired) electrons. The van der Waals surface area contributed by atoms with Gasteiger partial charge in [0.1, 0.15) is 11.5 Å². The molecule has 2 aliphatic heterocycles. The van der Waals surface area contributed by atoms with Crippen molar-refractivity contribution in [1.29, 1.82) is 0 Å². The molecule has 0 amide bonds. The minimum Gasteiger partial charge on any atom is -0.378 e. The summed E-state index contributed by atoms with van der Waals surface area (Å²) in [5, 5.41) is 0. The highest BCUT2D eigenvalue weighted by Gasteiger charge is 2.21. The Morgan fingerprint density at radius 3 is 2.03 bits per heavy atom. The monoisotopic (exact) mass is 405 g/mol. The molecule has 2 aliphatic rings. The first kappa shape index (κ1) is 19.0. The molecule has 0 aromatic carbocycles. The molecule has 0 N–H and O–H groups in total. The van der Waals surface area contributed by atoms with Crippen LogP contribution in [0.2, 0.25) is 0 Å². The summed E-state index contributed by atoms with van der Waals surface area (Å²) in [4.78, 5) is 23.9. The number of pyridine rings is 1. The Morgan fingerprint density at radius 2 is 1.33 bits per heavy atom. The number of aromatic nitrogens is 5. The van der Waals surface area contributed by atoms with Crippen LogP contribution in [-0.4, -0.2) is 63.9 Å². The highest BCUT2D eigenvalue weighted by atomic mass is 16.5. The number of morpholine rings is 1. The second kappa shape index (κ2) is 8.79. The van der Waals surface area contributed by atoms with Crippen LogP contribution in [0, 0.1) is 0 Å². The molecule has 156 valence electrons. The molecule has 0 spiro atoms. The van der Waals surface area contributed by atoms with Crippen molar-refractivity contribution in [2.45, 2.75) is 25.7 Å². The third-order valence-corrected chi connectivity index (χ3v) is 5.63. The lowest BCUT2D eigenvalue weighted by Crippen LogP contribution is -2.38. The molecule has 0 unspecified atom stereocenters. The molecule has 0 bridgehead atoms. The van der Waals surface area contributed by atoms with E-state index >= 15 is 0 Å². The second-order valence-corrected chi connectivity index (χ2v) is 7.73. The lowest BCUT2D eigenvalue weighted by atomic mass is 10.2. The smallest absolute Gasteiger partial charge is 0.230 e. The first-order chi connectivity index (χ1) is 14.9. The van der Waals surface area contributed by atoms with Crippen LogP contribution >= 0.6 is 0 Å². The zero-order valence-electron chi connectivity index (χ0n) is 17.2. The number of rotatable bonds is 4. The van der Waals surface area contributed by atoms with E-state index in [1.807, 2.05) is 47.3 Å². The van der Waals surface area contributed by atoms with Crippen LogP contribution < -0.4 is 9.80 Å². The van der Waals surface area contributed by atoms with Crippen molar-refractivity contribution in [1.82, 2.24) is 24.5 Å². The summed E-state index contributed by atoms with van der Waals surface area (Å²) < 4.78 is 7.51. The average Bonchev–Trinajstić information content (AvgIpc) is 3.22. The molecule has 8 heteroatoms. The Bertz CT molecular complexity index is 961. The number of anilines is 2. The van der Waals surface area contributed by atoms with Crippen molar-refractivity contribution < 1.29 is 4.74 Å². The quantitative estimate of drug-likeness (QED) is 0.661. The lowest BCUT2D eigenvalue weighted by molar-refractivity contribution is 0.122. The van der Waals surface area contributed by atoms with Gasteiger partial charge >= 0.3 is 0 Å². The summed E-state index contributed by atoms with van der Waals surface area (Å²) in [5.74, 6) is 2.95. The zero-order valence-corrected chi connectivity index (χ0v) is 17.2. The van der Waals surface area contributed by atoms with Crippen molar-refractivity contribution in [3.8, 4) is 17.3 Å². The average molecular weight is 406 g/mol. The Morgan fingerprint density at radius 1 is 0.667 bits per heavy atom. The lowest BCUT2D eigenvalue weighted by Gasteiger charge is -2.28. The van der Waals surface area contributed by atoms with E-state index in [0.717, 1.165) is 49.6 Å². The predicted octanol–water partition coefficient (Wildman–Crippen LogP) is 2.94. The third-order valence-electron chi connectivity index (χ3n) is 5.63. The Kier molecular flexibility index (Phi) is 5.56. The van der Waals surface area contributed by atoms with E-state index in [1.165, 1.54) is 25.7 Å². The van der Waals surface area contributed by atoms with Crippen LogP contribution in [0.25, 0.3) is 17.3 Å². The number of nitrogens with zero attached hydrogens (tertiary/aromatic N) is 7. The van der Waals surface area contributed by atoms with Gasteiger partial charge in [-0.15, -0.1) is 0 Å². The molecular formula is C22H27N7O. The van der Waals surface area contributed by atoms with Crippen molar-refractivity contribution in [2.24, 2.45) is 0 Å². The van der Waals surface area contributed by atoms with Crippen molar-refractivity contribution >= 4 is 11.9 Å². The van der Waals surface area contributed by atoms with Crippen LogP contribution in [0.5, 0.6) is 0 Å². The van der Waals surface area contributed by atoms with Gasteiger partial charge in [0.15, 0.2) is 5.82 Å². The minimum absolute atomic E-state index is 0.625. The van der Waals surface area contributed by atoms with Crippen molar-refractivity contribution in [3.05, 3.63) is 42.7 Å². The Labute approximate surface area is 176 Å². The van der Waals surface area contributed by atoms with Gasteiger partial charge in [-0.2, -0.15) is 15.0 Å². The van der Waals surface area contributed by atoms with Gasteiger partial charge in [0.2, 0.25) is 11.9 Å². The second-order valence-electron chi connectivity index (χ2n) is 7.73. The summed E-state index contributed by atoms with van der Waals surface area (Å²) in [7, 11) is 0. The highest BCUT2D eigenvalue weighted by Crippen LogP contribution is 2.23. The fraction of sp³-hybridized carbons (Fsp3) is 0.455. The largest absolute Gasteiger partial charge is 0.378 e. The zero-order chi connectivity index (χ0) is 20.2. The maximum atomic E-state index is 5.52. The van der Waals surface area contributed by atoms with Crippen LogP contribution in [-0.2, 0) is 4.74 Å². The van der Waals surface area contributed by atoms with Crippen LogP contribution in [0.1, 0.15) is 25.7 Å². The number of ether oxygens (including phenoxy) is 1. The van der Waals surface area contributed by atoms with Gasteiger partial charge < -0.3 is 19.1 Å². The molecule has 30 heavy (non-hydrogen) atoms. The Hall–Kier alpha value is -3.00. The predicted molar refractivity (Wildman–Crippen MR) is 116 cm³/mol. The van der Waals surface area contributed by atoms with Gasteiger partial charge in [0, 0.05) is 38.6 Å². The van der Waals surface area contributed by atoms with Crippen molar-refractivity contribution in [2.75, 3.05) is 49.2 Å². The Balaban J connectivity index is 1.54. The van der Waals surface area contributed by atoms with E-state index in [0.29, 0.717) is 19.0 Å². The van der Waals surface area contributed by atoms with Crippen LogP contribution in [0.3, 0.4) is 0 Å².